The molecule has 1 N–H and O–H groups in total. The number of aromatic nitrogens is 2. The summed E-state index contributed by atoms with van der Waals surface area (Å²) in [5, 5.41) is 6.44. The minimum atomic E-state index is -1.67. The van der Waals surface area contributed by atoms with Gasteiger partial charge in [-0.2, -0.15) is 5.10 Å². The van der Waals surface area contributed by atoms with Gasteiger partial charge in [0.25, 0.3) is 0 Å². The van der Waals surface area contributed by atoms with Crippen LogP contribution in [0.3, 0.4) is 0 Å². The summed E-state index contributed by atoms with van der Waals surface area (Å²) in [5.41, 5.74) is 1.98. The van der Waals surface area contributed by atoms with Crippen LogP contribution in [0.4, 0.5) is 18.9 Å². The van der Waals surface area contributed by atoms with Crippen molar-refractivity contribution in [3.05, 3.63) is 52.6 Å². The minimum absolute atomic E-state index is 0.294. The van der Waals surface area contributed by atoms with Crippen molar-refractivity contribution in [2.24, 2.45) is 7.05 Å². The van der Waals surface area contributed by atoms with Crippen molar-refractivity contribution < 1.29 is 22.8 Å². The van der Waals surface area contributed by atoms with Crippen LogP contribution in [0.1, 0.15) is 30.3 Å². The number of nitrogens with one attached hydrogen (secondary N) is 1. The molecule has 2 aromatic rings. The fraction of sp³-hybridized carbons (Fsp3) is 0.350. The summed E-state index contributed by atoms with van der Waals surface area (Å²) in [5.74, 6) is -5.65. The largest absolute Gasteiger partial charge is 0.330 e. The van der Waals surface area contributed by atoms with Crippen LogP contribution in [0.5, 0.6) is 0 Å². The molecule has 0 radical (unpaired) electrons. The van der Waals surface area contributed by atoms with E-state index in [1.165, 1.54) is 11.0 Å². The van der Waals surface area contributed by atoms with Gasteiger partial charge in [-0.15, -0.1) is 0 Å². The number of rotatable bonds is 7. The van der Waals surface area contributed by atoms with E-state index in [-0.39, 0.29) is 6.54 Å². The quantitative estimate of drug-likeness (QED) is 0.564. The van der Waals surface area contributed by atoms with Gasteiger partial charge >= 0.3 is 0 Å². The van der Waals surface area contributed by atoms with Gasteiger partial charge in [0.05, 0.1) is 11.4 Å². The minimum Gasteiger partial charge on any atom is -0.330 e. The maximum Gasteiger partial charge on any atom is 0.247 e. The van der Waals surface area contributed by atoms with Gasteiger partial charge in [-0.25, -0.2) is 13.2 Å². The Morgan fingerprint density at radius 2 is 1.90 bits per heavy atom. The number of carbonyl (C=O) groups excluding carboxylic acids is 2. The zero-order valence-electron chi connectivity index (χ0n) is 16.7. The molecule has 0 aliphatic heterocycles. The second kappa shape index (κ2) is 9.40. The van der Waals surface area contributed by atoms with Crippen LogP contribution in [0.25, 0.3) is 6.08 Å². The number of nitrogens with zero attached hydrogens (tertiary/aromatic N) is 3. The average molecular weight is 408 g/mol. The summed E-state index contributed by atoms with van der Waals surface area (Å²) >= 11 is 0. The van der Waals surface area contributed by atoms with E-state index in [0.717, 1.165) is 23.0 Å². The van der Waals surface area contributed by atoms with Crippen LogP contribution in [0, 0.1) is 31.3 Å². The highest BCUT2D eigenvalue weighted by Crippen LogP contribution is 2.19. The summed E-state index contributed by atoms with van der Waals surface area (Å²) in [6.07, 6.45) is 3.57. The van der Waals surface area contributed by atoms with Gasteiger partial charge in [0, 0.05) is 30.9 Å². The number of hydrogen-bond acceptors (Lipinski definition) is 3. The number of benzene rings is 1. The number of carbonyl (C=O) groups is 2. The molecule has 6 nitrogen and oxygen atoms in total. The van der Waals surface area contributed by atoms with Gasteiger partial charge < -0.3 is 10.2 Å². The third-order valence-corrected chi connectivity index (χ3v) is 4.41. The molecule has 0 spiro atoms. The van der Waals surface area contributed by atoms with Crippen LogP contribution in [0.15, 0.2) is 18.2 Å². The normalized spacial score (nSPS) is 11.1. The third kappa shape index (κ3) is 5.24. The van der Waals surface area contributed by atoms with Gasteiger partial charge in [-0.3, -0.25) is 14.3 Å². The van der Waals surface area contributed by atoms with E-state index in [2.05, 4.69) is 10.4 Å². The van der Waals surface area contributed by atoms with Crippen molar-refractivity contribution in [1.82, 2.24) is 14.7 Å². The molecule has 0 atom stereocenters. The summed E-state index contributed by atoms with van der Waals surface area (Å²) in [7, 11) is 1.80. The summed E-state index contributed by atoms with van der Waals surface area (Å²) in [4.78, 5) is 26.0. The van der Waals surface area contributed by atoms with Crippen molar-refractivity contribution in [2.75, 3.05) is 18.4 Å². The van der Waals surface area contributed by atoms with Crippen LogP contribution in [-0.2, 0) is 16.6 Å². The van der Waals surface area contributed by atoms with E-state index < -0.39 is 35.0 Å². The Balaban J connectivity index is 2.10. The molecule has 0 fully saturated rings. The van der Waals surface area contributed by atoms with Crippen molar-refractivity contribution >= 4 is 23.6 Å². The van der Waals surface area contributed by atoms with Crippen molar-refractivity contribution in [2.45, 2.75) is 27.2 Å². The van der Waals surface area contributed by atoms with E-state index in [1.54, 1.807) is 17.8 Å². The molecule has 156 valence electrons. The van der Waals surface area contributed by atoms with Crippen LogP contribution in [0.2, 0.25) is 0 Å². The van der Waals surface area contributed by atoms with Gasteiger partial charge in [-0.1, -0.05) is 6.92 Å². The Hall–Kier alpha value is -3.10. The first kappa shape index (κ1) is 22.2. The predicted molar refractivity (Wildman–Crippen MR) is 104 cm³/mol. The molecule has 0 aliphatic carbocycles. The van der Waals surface area contributed by atoms with Gasteiger partial charge in [0.1, 0.15) is 6.54 Å². The molecule has 0 saturated carbocycles. The highest BCUT2D eigenvalue weighted by Gasteiger charge is 2.18. The lowest BCUT2D eigenvalue weighted by Gasteiger charge is -2.20. The van der Waals surface area contributed by atoms with E-state index in [1.807, 2.05) is 20.8 Å². The number of aryl methyl sites for hydroxylation is 2. The van der Waals surface area contributed by atoms with Gasteiger partial charge in [0.15, 0.2) is 17.5 Å². The number of hydrogen-bond donors (Lipinski definition) is 1. The van der Waals surface area contributed by atoms with E-state index in [0.29, 0.717) is 19.0 Å². The molecule has 0 saturated heterocycles. The maximum absolute atomic E-state index is 13.7. The fourth-order valence-electron chi connectivity index (χ4n) is 2.81. The van der Waals surface area contributed by atoms with Crippen LogP contribution >= 0.6 is 0 Å². The van der Waals surface area contributed by atoms with Crippen LogP contribution in [-0.4, -0.2) is 39.6 Å². The molecule has 1 aromatic heterocycles. The zero-order valence-corrected chi connectivity index (χ0v) is 16.7. The Bertz CT molecular complexity index is 954. The lowest BCUT2D eigenvalue weighted by atomic mass is 10.2. The highest BCUT2D eigenvalue weighted by atomic mass is 19.2. The molecule has 9 heteroatoms. The maximum atomic E-state index is 13.7. The smallest absolute Gasteiger partial charge is 0.247 e. The standard InChI is InChI=1S/C20H23F3N4O2/c1-5-10-27(18(29)9-6-14-12(2)25-26(4)13(14)3)11-17(28)24-16-8-7-15(21)19(22)20(16)23/h6-9H,5,10-11H2,1-4H3,(H,24,28)/b9-6+. The van der Waals surface area contributed by atoms with Crippen molar-refractivity contribution in [1.29, 1.82) is 0 Å². The molecular weight excluding hydrogens is 385 g/mol. The summed E-state index contributed by atoms with van der Waals surface area (Å²) in [6.45, 7) is 5.47. The van der Waals surface area contributed by atoms with Crippen molar-refractivity contribution in [3.63, 3.8) is 0 Å². The van der Waals surface area contributed by atoms with E-state index >= 15 is 0 Å². The first-order valence-electron chi connectivity index (χ1n) is 9.06. The number of anilines is 1. The Morgan fingerprint density at radius 1 is 1.21 bits per heavy atom. The second-order valence-electron chi connectivity index (χ2n) is 6.57. The topological polar surface area (TPSA) is 67.2 Å². The molecule has 0 bridgehead atoms. The molecular formula is C20H23F3N4O2. The van der Waals surface area contributed by atoms with Gasteiger partial charge in [0.2, 0.25) is 11.8 Å². The zero-order chi connectivity index (χ0) is 21.7. The molecule has 2 rings (SSSR count). The monoisotopic (exact) mass is 408 g/mol. The third-order valence-electron chi connectivity index (χ3n) is 4.41. The Kier molecular flexibility index (Phi) is 7.19. The van der Waals surface area contributed by atoms with Crippen molar-refractivity contribution in [3.8, 4) is 0 Å². The molecule has 0 aliphatic rings. The lowest BCUT2D eigenvalue weighted by molar-refractivity contribution is -0.130. The Labute approximate surface area is 167 Å². The summed E-state index contributed by atoms with van der Waals surface area (Å²) in [6, 6.07) is 1.63. The molecule has 0 unspecified atom stereocenters. The first-order chi connectivity index (χ1) is 13.6. The highest BCUT2D eigenvalue weighted by molar-refractivity contribution is 5.98. The SMILES string of the molecule is CCCN(CC(=O)Nc1ccc(F)c(F)c1F)C(=O)/C=C/c1c(C)nn(C)c1C. The average Bonchev–Trinajstić information content (AvgIpc) is 2.91. The molecule has 1 heterocycles. The van der Waals surface area contributed by atoms with E-state index in [9.17, 15) is 22.8 Å². The lowest BCUT2D eigenvalue weighted by Crippen LogP contribution is -2.37. The first-order valence-corrected chi connectivity index (χ1v) is 9.06. The Morgan fingerprint density at radius 3 is 2.48 bits per heavy atom. The number of halogens is 3. The van der Waals surface area contributed by atoms with Crippen LogP contribution < -0.4 is 5.32 Å². The molecule has 2 amide bonds. The number of amides is 2. The van der Waals surface area contributed by atoms with Gasteiger partial charge in [-0.05, 0) is 38.5 Å². The molecule has 29 heavy (non-hydrogen) atoms. The predicted octanol–water partition coefficient (Wildman–Crippen LogP) is 3.34. The summed E-state index contributed by atoms with van der Waals surface area (Å²) < 4.78 is 41.7. The second-order valence-corrected chi connectivity index (χ2v) is 6.57. The molecule has 1 aromatic carbocycles. The van der Waals surface area contributed by atoms with E-state index in [4.69, 9.17) is 0 Å². The fourth-order valence-corrected chi connectivity index (χ4v) is 2.81.